The third-order valence-electron chi connectivity index (χ3n) is 7.38. The van der Waals surface area contributed by atoms with Crippen LogP contribution in [0.2, 0.25) is 0 Å². The van der Waals surface area contributed by atoms with Gasteiger partial charge in [-0.15, -0.1) is 11.3 Å². The molecule has 6 aromatic rings. The van der Waals surface area contributed by atoms with Crippen molar-refractivity contribution in [3.05, 3.63) is 126 Å². The number of thiophene rings is 1. The van der Waals surface area contributed by atoms with Crippen LogP contribution in [0.1, 0.15) is 29.0 Å². The Kier molecular flexibility index (Phi) is 7.66. The van der Waals surface area contributed by atoms with Gasteiger partial charge in [-0.1, -0.05) is 72.7 Å². The molecule has 0 fully saturated rings. The van der Waals surface area contributed by atoms with E-state index in [1.807, 2.05) is 61.5 Å². The molecule has 2 N–H and O–H groups in total. The van der Waals surface area contributed by atoms with Crippen LogP contribution in [0.5, 0.6) is 5.75 Å². The van der Waals surface area contributed by atoms with E-state index in [1.54, 1.807) is 35.9 Å². The molecule has 0 saturated carbocycles. The average Bonchev–Trinajstić information content (AvgIpc) is 3.68. The van der Waals surface area contributed by atoms with Crippen LogP contribution in [0, 0.1) is 0 Å². The smallest absolute Gasteiger partial charge is 0.439 e. The van der Waals surface area contributed by atoms with Crippen LogP contribution in [0.4, 0.5) is 0 Å². The number of fused-ring (bicyclic) bond motifs is 1. The third-order valence-corrected chi connectivity index (χ3v) is 8.68. The zero-order chi connectivity index (χ0) is 30.1. The Labute approximate surface area is 249 Å². The highest BCUT2D eigenvalue weighted by Crippen LogP contribution is 2.30. The van der Waals surface area contributed by atoms with E-state index in [9.17, 15) is 19.5 Å². The first kappa shape index (κ1) is 28.1. The molecule has 6 rings (SSSR count). The number of aryl methyl sites for hydroxylation is 1. The van der Waals surface area contributed by atoms with Crippen molar-refractivity contribution >= 4 is 21.6 Å². The Bertz CT molecular complexity index is 2080. The van der Waals surface area contributed by atoms with Gasteiger partial charge < -0.3 is 9.84 Å². The lowest BCUT2D eigenvalue weighted by Gasteiger charge is -2.16. The summed E-state index contributed by atoms with van der Waals surface area (Å²) in [6.45, 7) is 2.05. The highest BCUT2D eigenvalue weighted by molar-refractivity contribution is 7.18. The second-order valence-electron chi connectivity index (χ2n) is 10.0. The Morgan fingerprint density at radius 1 is 0.977 bits per heavy atom. The summed E-state index contributed by atoms with van der Waals surface area (Å²) in [5.41, 5.74) is 2.97. The number of nitrogens with one attached hydrogen (secondary N) is 1. The van der Waals surface area contributed by atoms with Crippen molar-refractivity contribution in [2.75, 3.05) is 7.11 Å². The maximum absolute atomic E-state index is 13.8. The number of aliphatic hydroxyl groups is 1. The SMILES string of the molecule is CCc1cc2c(=O)n(CC(O)c3ccc(OC)cc3)c(=O)n(Cc3ccc(-c4ccccc4-c4noc(=O)[nH]4)cc3)c2s1. The van der Waals surface area contributed by atoms with Gasteiger partial charge >= 0.3 is 11.4 Å². The number of benzene rings is 3. The number of ether oxygens (including phenoxy) is 1. The number of nitrogens with zero attached hydrogens (tertiary/aromatic N) is 3. The molecule has 3 heterocycles. The quantitative estimate of drug-likeness (QED) is 0.250. The van der Waals surface area contributed by atoms with E-state index < -0.39 is 23.1 Å². The van der Waals surface area contributed by atoms with E-state index in [-0.39, 0.29) is 13.1 Å². The molecule has 0 aliphatic heterocycles. The molecule has 1 unspecified atom stereocenters. The maximum Gasteiger partial charge on any atom is 0.439 e. The van der Waals surface area contributed by atoms with E-state index in [2.05, 4.69) is 10.1 Å². The first-order valence-electron chi connectivity index (χ1n) is 13.7. The van der Waals surface area contributed by atoms with E-state index in [1.165, 1.54) is 11.3 Å². The minimum absolute atomic E-state index is 0.183. The summed E-state index contributed by atoms with van der Waals surface area (Å²) in [6, 6.07) is 23.9. The van der Waals surface area contributed by atoms with Crippen molar-refractivity contribution < 1.29 is 14.4 Å². The molecule has 1 atom stereocenters. The Morgan fingerprint density at radius 2 is 1.70 bits per heavy atom. The molecule has 0 radical (unpaired) electrons. The number of hydrogen-bond acceptors (Lipinski definition) is 8. The van der Waals surface area contributed by atoms with Crippen LogP contribution < -0.4 is 21.7 Å². The van der Waals surface area contributed by atoms with Crippen molar-refractivity contribution in [2.45, 2.75) is 32.5 Å². The molecule has 218 valence electrons. The average molecular weight is 597 g/mol. The largest absolute Gasteiger partial charge is 0.497 e. The molecule has 0 spiro atoms. The van der Waals surface area contributed by atoms with Gasteiger partial charge in [0.05, 0.1) is 31.7 Å². The second-order valence-corrected chi connectivity index (χ2v) is 11.2. The Hall–Kier alpha value is -5.00. The highest BCUT2D eigenvalue weighted by Gasteiger charge is 2.20. The van der Waals surface area contributed by atoms with Gasteiger partial charge in [0, 0.05) is 10.4 Å². The van der Waals surface area contributed by atoms with Gasteiger partial charge in [0.15, 0.2) is 5.82 Å². The summed E-state index contributed by atoms with van der Waals surface area (Å²) in [7, 11) is 1.56. The number of aromatic amines is 1. The van der Waals surface area contributed by atoms with Crippen LogP contribution in [0.15, 0.2) is 97.8 Å². The zero-order valence-corrected chi connectivity index (χ0v) is 24.3. The van der Waals surface area contributed by atoms with Crippen LogP contribution in [-0.4, -0.2) is 31.5 Å². The van der Waals surface area contributed by atoms with E-state index in [4.69, 9.17) is 9.26 Å². The summed E-state index contributed by atoms with van der Waals surface area (Å²) in [6.07, 6.45) is -0.336. The van der Waals surface area contributed by atoms with E-state index >= 15 is 0 Å². The monoisotopic (exact) mass is 596 g/mol. The second kappa shape index (κ2) is 11.7. The van der Waals surface area contributed by atoms with Crippen molar-refractivity contribution in [1.29, 1.82) is 0 Å². The first-order chi connectivity index (χ1) is 20.9. The normalized spacial score (nSPS) is 12.1. The van der Waals surface area contributed by atoms with Crippen LogP contribution in [0.25, 0.3) is 32.7 Å². The van der Waals surface area contributed by atoms with Gasteiger partial charge in [-0.2, -0.15) is 0 Å². The van der Waals surface area contributed by atoms with Crippen molar-refractivity contribution in [2.24, 2.45) is 0 Å². The van der Waals surface area contributed by atoms with Gasteiger partial charge in [-0.05, 0) is 46.9 Å². The standard InChI is InChI=1S/C32H28N4O6S/c1-3-23-16-26-29(38)35(18-27(37)21-12-14-22(41-2)15-13-21)32(40)36(30(26)43-23)17-19-8-10-20(11-9-19)24-6-4-5-7-25(24)28-33-31(39)42-34-28/h4-16,27,37H,3,17-18H2,1-2H3,(H,33,34,39). The molecule has 43 heavy (non-hydrogen) atoms. The van der Waals surface area contributed by atoms with Gasteiger partial charge in [0.1, 0.15) is 10.6 Å². The molecule has 3 aromatic heterocycles. The number of aromatic nitrogens is 4. The molecule has 0 saturated heterocycles. The molecule has 3 aromatic carbocycles. The number of hydrogen-bond donors (Lipinski definition) is 2. The molecule has 11 heteroatoms. The summed E-state index contributed by atoms with van der Waals surface area (Å²) in [4.78, 5) is 43.0. The fourth-order valence-corrected chi connectivity index (χ4v) is 6.17. The molecule has 0 amide bonds. The Morgan fingerprint density at radius 3 is 2.35 bits per heavy atom. The van der Waals surface area contributed by atoms with Gasteiger partial charge in [-0.3, -0.25) is 23.4 Å². The first-order valence-corrected chi connectivity index (χ1v) is 14.5. The van der Waals surface area contributed by atoms with Crippen molar-refractivity contribution in [1.82, 2.24) is 19.3 Å². The minimum Gasteiger partial charge on any atom is -0.497 e. The van der Waals surface area contributed by atoms with Crippen molar-refractivity contribution in [3.63, 3.8) is 0 Å². The zero-order valence-electron chi connectivity index (χ0n) is 23.4. The third kappa shape index (κ3) is 5.47. The summed E-state index contributed by atoms with van der Waals surface area (Å²) in [5.74, 6) is 0.349. The number of aliphatic hydroxyl groups excluding tert-OH is 1. The Balaban J connectivity index is 1.36. The molecule has 0 aliphatic carbocycles. The number of H-pyrrole nitrogens is 1. The van der Waals surface area contributed by atoms with E-state index in [0.717, 1.165) is 32.6 Å². The fourth-order valence-electron chi connectivity index (χ4n) is 5.09. The van der Waals surface area contributed by atoms with Gasteiger partial charge in [0.25, 0.3) is 5.56 Å². The lowest BCUT2D eigenvalue weighted by atomic mass is 9.98. The topological polar surface area (TPSA) is 132 Å². The van der Waals surface area contributed by atoms with Crippen LogP contribution >= 0.6 is 11.3 Å². The molecule has 10 nitrogen and oxygen atoms in total. The van der Waals surface area contributed by atoms with E-state index in [0.29, 0.717) is 32.9 Å². The van der Waals surface area contributed by atoms with Crippen LogP contribution in [0.3, 0.4) is 0 Å². The van der Waals surface area contributed by atoms with Crippen molar-refractivity contribution in [3.8, 4) is 28.3 Å². The highest BCUT2D eigenvalue weighted by atomic mass is 32.1. The minimum atomic E-state index is -1.06. The molecular formula is C32H28N4O6S. The number of methoxy groups -OCH3 is 1. The number of rotatable bonds is 9. The predicted molar refractivity (Wildman–Crippen MR) is 165 cm³/mol. The van der Waals surface area contributed by atoms with Crippen LogP contribution in [-0.2, 0) is 19.5 Å². The van der Waals surface area contributed by atoms with Gasteiger partial charge in [0.2, 0.25) is 0 Å². The fraction of sp³-hybridized carbons (Fsp3) is 0.188. The molecule has 0 aliphatic rings. The molecular weight excluding hydrogens is 568 g/mol. The molecule has 0 bridgehead atoms. The summed E-state index contributed by atoms with van der Waals surface area (Å²) >= 11 is 1.43. The summed E-state index contributed by atoms with van der Waals surface area (Å²) < 4.78 is 12.6. The lowest BCUT2D eigenvalue weighted by Crippen LogP contribution is -2.41. The lowest BCUT2D eigenvalue weighted by molar-refractivity contribution is 0.153. The van der Waals surface area contributed by atoms with Gasteiger partial charge in [-0.25, -0.2) is 9.59 Å². The summed E-state index contributed by atoms with van der Waals surface area (Å²) in [5, 5.41) is 15.2. The maximum atomic E-state index is 13.8. The predicted octanol–water partition coefficient (Wildman–Crippen LogP) is 4.59.